The SMILES string of the molecule is O=C(NCCc1ccc(F)cc1)c1ccc(C(=O)Nc2ccc(F)cc2)cc1. The Balaban J connectivity index is 1.52. The van der Waals surface area contributed by atoms with Crippen LogP contribution in [0.15, 0.2) is 72.8 Å². The first-order chi connectivity index (χ1) is 13.5. The molecule has 0 fully saturated rings. The highest BCUT2D eigenvalue weighted by molar-refractivity contribution is 6.05. The van der Waals surface area contributed by atoms with Crippen LogP contribution in [0.2, 0.25) is 0 Å². The molecule has 0 atom stereocenters. The first-order valence-corrected chi connectivity index (χ1v) is 8.71. The highest BCUT2D eigenvalue weighted by atomic mass is 19.1. The van der Waals surface area contributed by atoms with E-state index in [1.165, 1.54) is 36.4 Å². The molecule has 0 aliphatic rings. The monoisotopic (exact) mass is 380 g/mol. The van der Waals surface area contributed by atoms with Gasteiger partial charge in [-0.1, -0.05) is 12.1 Å². The molecule has 3 aromatic carbocycles. The Morgan fingerprint density at radius 2 is 1.18 bits per heavy atom. The van der Waals surface area contributed by atoms with Crippen molar-refractivity contribution in [2.24, 2.45) is 0 Å². The number of nitrogens with one attached hydrogen (secondary N) is 2. The molecule has 0 aliphatic heterocycles. The topological polar surface area (TPSA) is 58.2 Å². The third-order valence-electron chi connectivity index (χ3n) is 4.12. The molecular weight excluding hydrogens is 362 g/mol. The smallest absolute Gasteiger partial charge is 0.255 e. The number of amides is 2. The fourth-order valence-corrected chi connectivity index (χ4v) is 2.58. The molecule has 0 radical (unpaired) electrons. The maximum absolute atomic E-state index is 12.9. The second-order valence-corrected chi connectivity index (χ2v) is 6.17. The van der Waals surface area contributed by atoms with E-state index in [1.807, 2.05) is 0 Å². The normalized spacial score (nSPS) is 10.4. The molecule has 0 heterocycles. The predicted molar refractivity (Wildman–Crippen MR) is 103 cm³/mol. The second kappa shape index (κ2) is 8.90. The van der Waals surface area contributed by atoms with Gasteiger partial charge in [0.25, 0.3) is 11.8 Å². The molecule has 2 amide bonds. The first kappa shape index (κ1) is 19.2. The quantitative estimate of drug-likeness (QED) is 0.674. The number of hydrogen-bond donors (Lipinski definition) is 2. The van der Waals surface area contributed by atoms with Gasteiger partial charge in [0, 0.05) is 23.4 Å². The van der Waals surface area contributed by atoms with Gasteiger partial charge in [0.2, 0.25) is 0 Å². The Kier molecular flexibility index (Phi) is 6.11. The highest BCUT2D eigenvalue weighted by Gasteiger charge is 2.09. The van der Waals surface area contributed by atoms with Gasteiger partial charge in [-0.15, -0.1) is 0 Å². The van der Waals surface area contributed by atoms with E-state index in [1.54, 1.807) is 36.4 Å². The van der Waals surface area contributed by atoms with Crippen molar-refractivity contribution in [2.75, 3.05) is 11.9 Å². The summed E-state index contributed by atoms with van der Waals surface area (Å²) < 4.78 is 25.8. The maximum Gasteiger partial charge on any atom is 0.255 e. The van der Waals surface area contributed by atoms with Crippen LogP contribution in [0.1, 0.15) is 26.3 Å². The van der Waals surface area contributed by atoms with Crippen molar-refractivity contribution in [1.82, 2.24) is 5.32 Å². The van der Waals surface area contributed by atoms with Gasteiger partial charge in [-0.05, 0) is 72.6 Å². The van der Waals surface area contributed by atoms with Crippen LogP contribution in [0.3, 0.4) is 0 Å². The molecule has 142 valence electrons. The fourth-order valence-electron chi connectivity index (χ4n) is 2.58. The van der Waals surface area contributed by atoms with Crippen molar-refractivity contribution in [3.8, 4) is 0 Å². The number of hydrogen-bond acceptors (Lipinski definition) is 2. The standard InChI is InChI=1S/C22H18F2N2O2/c23-18-7-1-15(2-8-18)13-14-25-21(27)16-3-5-17(6-4-16)22(28)26-20-11-9-19(24)10-12-20/h1-12H,13-14H2,(H,25,27)(H,26,28). The van der Waals surface area contributed by atoms with E-state index in [9.17, 15) is 18.4 Å². The molecule has 6 heteroatoms. The average molecular weight is 380 g/mol. The van der Waals surface area contributed by atoms with Gasteiger partial charge in [0.15, 0.2) is 0 Å². The summed E-state index contributed by atoms with van der Waals surface area (Å²) in [5, 5.41) is 5.44. The lowest BCUT2D eigenvalue weighted by molar-refractivity contribution is 0.0952. The summed E-state index contributed by atoms with van der Waals surface area (Å²) in [6.07, 6.45) is 0.587. The fraction of sp³-hybridized carbons (Fsp3) is 0.0909. The molecule has 0 saturated carbocycles. The summed E-state index contributed by atoms with van der Waals surface area (Å²) >= 11 is 0. The summed E-state index contributed by atoms with van der Waals surface area (Å²) in [6.45, 7) is 0.414. The summed E-state index contributed by atoms with van der Waals surface area (Å²) in [4.78, 5) is 24.4. The van der Waals surface area contributed by atoms with E-state index in [-0.39, 0.29) is 23.4 Å². The van der Waals surface area contributed by atoms with E-state index in [4.69, 9.17) is 0 Å². The van der Waals surface area contributed by atoms with Gasteiger partial charge in [-0.2, -0.15) is 0 Å². The van der Waals surface area contributed by atoms with Crippen LogP contribution in [0.4, 0.5) is 14.5 Å². The number of benzene rings is 3. The molecule has 0 aliphatic carbocycles. The minimum Gasteiger partial charge on any atom is -0.352 e. The lowest BCUT2D eigenvalue weighted by Gasteiger charge is -2.08. The molecule has 0 bridgehead atoms. The summed E-state index contributed by atoms with van der Waals surface area (Å²) in [5.74, 6) is -1.29. The number of halogens is 2. The van der Waals surface area contributed by atoms with Crippen molar-refractivity contribution in [2.45, 2.75) is 6.42 Å². The molecule has 0 aromatic heterocycles. The molecule has 0 unspecified atom stereocenters. The minimum absolute atomic E-state index is 0.257. The van der Waals surface area contributed by atoms with Gasteiger partial charge in [-0.25, -0.2) is 8.78 Å². The third kappa shape index (κ3) is 5.23. The van der Waals surface area contributed by atoms with Crippen LogP contribution in [-0.4, -0.2) is 18.4 Å². The van der Waals surface area contributed by atoms with Crippen molar-refractivity contribution in [3.63, 3.8) is 0 Å². The Bertz CT molecular complexity index is 953. The van der Waals surface area contributed by atoms with Gasteiger partial charge < -0.3 is 10.6 Å². The van der Waals surface area contributed by atoms with Gasteiger partial charge in [-0.3, -0.25) is 9.59 Å². The molecule has 2 N–H and O–H groups in total. The van der Waals surface area contributed by atoms with Crippen LogP contribution in [0, 0.1) is 11.6 Å². The van der Waals surface area contributed by atoms with Crippen LogP contribution >= 0.6 is 0 Å². The number of carbonyl (C=O) groups is 2. The Hall–Kier alpha value is -3.54. The van der Waals surface area contributed by atoms with Crippen molar-refractivity contribution in [1.29, 1.82) is 0 Å². The number of carbonyl (C=O) groups excluding carboxylic acids is 2. The molecule has 3 aromatic rings. The highest BCUT2D eigenvalue weighted by Crippen LogP contribution is 2.11. The van der Waals surface area contributed by atoms with Gasteiger partial charge in [0.1, 0.15) is 11.6 Å². The van der Waals surface area contributed by atoms with Gasteiger partial charge >= 0.3 is 0 Å². The lowest BCUT2D eigenvalue weighted by Crippen LogP contribution is -2.25. The van der Waals surface area contributed by atoms with E-state index < -0.39 is 0 Å². The first-order valence-electron chi connectivity index (χ1n) is 8.71. The zero-order chi connectivity index (χ0) is 19.9. The van der Waals surface area contributed by atoms with E-state index in [0.29, 0.717) is 29.8 Å². The lowest BCUT2D eigenvalue weighted by atomic mass is 10.1. The van der Waals surface area contributed by atoms with E-state index in [2.05, 4.69) is 10.6 Å². The summed E-state index contributed by atoms with van der Waals surface area (Å²) in [5.41, 5.74) is 2.22. The Morgan fingerprint density at radius 3 is 1.75 bits per heavy atom. The Morgan fingerprint density at radius 1 is 0.679 bits per heavy atom. The molecule has 4 nitrogen and oxygen atoms in total. The van der Waals surface area contributed by atoms with Gasteiger partial charge in [0.05, 0.1) is 0 Å². The van der Waals surface area contributed by atoms with E-state index >= 15 is 0 Å². The molecule has 3 rings (SSSR count). The van der Waals surface area contributed by atoms with Crippen LogP contribution in [0.5, 0.6) is 0 Å². The van der Waals surface area contributed by atoms with Crippen LogP contribution in [-0.2, 0) is 6.42 Å². The number of rotatable bonds is 6. The second-order valence-electron chi connectivity index (χ2n) is 6.17. The van der Waals surface area contributed by atoms with Crippen LogP contribution in [0.25, 0.3) is 0 Å². The molecule has 0 saturated heterocycles. The van der Waals surface area contributed by atoms with Crippen molar-refractivity contribution in [3.05, 3.63) is 101 Å². The molecule has 28 heavy (non-hydrogen) atoms. The average Bonchev–Trinajstić information content (AvgIpc) is 2.71. The number of anilines is 1. The zero-order valence-corrected chi connectivity index (χ0v) is 14.9. The summed E-state index contributed by atoms with van der Waals surface area (Å²) in [7, 11) is 0. The minimum atomic E-state index is -0.382. The zero-order valence-electron chi connectivity index (χ0n) is 14.9. The maximum atomic E-state index is 12.9. The van der Waals surface area contributed by atoms with E-state index in [0.717, 1.165) is 5.56 Å². The largest absolute Gasteiger partial charge is 0.352 e. The molecular formula is C22H18F2N2O2. The Labute approximate surface area is 161 Å². The third-order valence-corrected chi connectivity index (χ3v) is 4.12. The molecule has 0 spiro atoms. The van der Waals surface area contributed by atoms with Crippen molar-refractivity contribution < 1.29 is 18.4 Å². The predicted octanol–water partition coefficient (Wildman–Crippen LogP) is 4.19. The van der Waals surface area contributed by atoms with Crippen LogP contribution < -0.4 is 10.6 Å². The van der Waals surface area contributed by atoms with Crippen molar-refractivity contribution >= 4 is 17.5 Å². The summed E-state index contributed by atoms with van der Waals surface area (Å²) in [6, 6.07) is 17.8.